The van der Waals surface area contributed by atoms with E-state index in [2.05, 4.69) is 31.9 Å². The van der Waals surface area contributed by atoms with Gasteiger partial charge in [0, 0.05) is 18.5 Å². The van der Waals surface area contributed by atoms with Gasteiger partial charge in [-0.3, -0.25) is 5.01 Å². The van der Waals surface area contributed by atoms with Crippen molar-refractivity contribution in [3.63, 3.8) is 0 Å². The molecular weight excluding hydrogens is 148 g/mol. The Kier molecular flexibility index (Phi) is 6.44. The maximum atomic E-state index is 4.34. The normalized spacial score (nSPS) is 12.5. The Balaban J connectivity index is 3.99. The molecule has 0 unspecified atom stereocenters. The first kappa shape index (κ1) is 11.2. The first-order valence-electron chi connectivity index (χ1n) is 4.69. The van der Waals surface area contributed by atoms with Crippen molar-refractivity contribution < 1.29 is 0 Å². The second-order valence-electron chi connectivity index (χ2n) is 2.73. The van der Waals surface area contributed by atoms with Gasteiger partial charge in [0.15, 0.2) is 0 Å². The van der Waals surface area contributed by atoms with E-state index in [1.165, 1.54) is 5.70 Å². The molecule has 0 radical (unpaired) electrons. The van der Waals surface area contributed by atoms with Crippen molar-refractivity contribution in [3.05, 3.63) is 11.8 Å². The molecule has 0 saturated heterocycles. The molecule has 0 bridgehead atoms. The van der Waals surface area contributed by atoms with E-state index in [1.807, 2.05) is 18.1 Å². The van der Waals surface area contributed by atoms with Crippen LogP contribution in [0.3, 0.4) is 0 Å². The minimum atomic E-state index is 0.941. The fourth-order valence-electron chi connectivity index (χ4n) is 0.857. The number of rotatable bonds is 5. The second kappa shape index (κ2) is 6.89. The van der Waals surface area contributed by atoms with Crippen molar-refractivity contribution in [3.8, 4) is 0 Å². The van der Waals surface area contributed by atoms with E-state index in [0.29, 0.717) is 0 Å². The van der Waals surface area contributed by atoms with E-state index in [0.717, 1.165) is 19.4 Å². The summed E-state index contributed by atoms with van der Waals surface area (Å²) in [6.45, 7) is 9.32. The molecule has 0 aromatic heterocycles. The van der Waals surface area contributed by atoms with Crippen molar-refractivity contribution in [2.24, 2.45) is 5.10 Å². The third-order valence-electron chi connectivity index (χ3n) is 1.76. The van der Waals surface area contributed by atoms with E-state index in [9.17, 15) is 0 Å². The molecule has 0 spiro atoms. The van der Waals surface area contributed by atoms with Crippen LogP contribution in [0.5, 0.6) is 0 Å². The van der Waals surface area contributed by atoms with Crippen LogP contribution in [0.1, 0.15) is 40.5 Å². The summed E-state index contributed by atoms with van der Waals surface area (Å²) in [6, 6.07) is 0. The first-order valence-corrected chi connectivity index (χ1v) is 4.69. The highest BCUT2D eigenvalue weighted by Gasteiger charge is 1.96. The van der Waals surface area contributed by atoms with Gasteiger partial charge in [-0.1, -0.05) is 19.4 Å². The Hall–Kier alpha value is -0.790. The summed E-state index contributed by atoms with van der Waals surface area (Å²) in [5.74, 6) is 0. The lowest BCUT2D eigenvalue weighted by atomic mass is 10.4. The van der Waals surface area contributed by atoms with Gasteiger partial charge in [-0.05, 0) is 27.2 Å². The summed E-state index contributed by atoms with van der Waals surface area (Å²) in [5.41, 5.74) is 1.21. The Morgan fingerprint density at radius 3 is 2.50 bits per heavy atom. The van der Waals surface area contributed by atoms with Crippen molar-refractivity contribution in [2.75, 3.05) is 6.54 Å². The summed E-state index contributed by atoms with van der Waals surface area (Å²) < 4.78 is 0. The van der Waals surface area contributed by atoms with E-state index >= 15 is 0 Å². The van der Waals surface area contributed by atoms with Crippen molar-refractivity contribution >= 4 is 6.21 Å². The number of hydrazone groups is 1. The highest BCUT2D eigenvalue weighted by atomic mass is 15.4. The molecule has 0 amide bonds. The quantitative estimate of drug-likeness (QED) is 0.455. The third-order valence-corrected chi connectivity index (χ3v) is 1.76. The molecule has 0 saturated carbocycles. The SMILES string of the molecule is C/C=C(/C)N(CC)/N=C\CCC. The predicted octanol–water partition coefficient (Wildman–Crippen LogP) is 3.02. The number of allylic oxidation sites excluding steroid dienone is 2. The fraction of sp³-hybridized carbons (Fsp3) is 0.700. The van der Waals surface area contributed by atoms with Crippen LogP contribution < -0.4 is 0 Å². The molecule has 2 nitrogen and oxygen atoms in total. The van der Waals surface area contributed by atoms with Crippen LogP contribution in [0.4, 0.5) is 0 Å². The second-order valence-corrected chi connectivity index (χ2v) is 2.73. The Labute approximate surface area is 76.0 Å². The van der Waals surface area contributed by atoms with Crippen LogP contribution in [-0.2, 0) is 0 Å². The molecule has 0 aliphatic heterocycles. The first-order chi connectivity index (χ1) is 5.76. The molecule has 0 N–H and O–H groups in total. The summed E-state index contributed by atoms with van der Waals surface area (Å²) in [4.78, 5) is 0. The van der Waals surface area contributed by atoms with Crippen LogP contribution in [0.15, 0.2) is 16.9 Å². The summed E-state index contributed by atoms with van der Waals surface area (Å²) in [6.07, 6.45) is 6.28. The lowest BCUT2D eigenvalue weighted by Gasteiger charge is -2.16. The Morgan fingerprint density at radius 2 is 2.08 bits per heavy atom. The maximum Gasteiger partial charge on any atom is 0.0383 e. The minimum Gasteiger partial charge on any atom is -0.271 e. The molecule has 0 fully saturated rings. The van der Waals surface area contributed by atoms with Gasteiger partial charge >= 0.3 is 0 Å². The third kappa shape index (κ3) is 4.16. The minimum absolute atomic E-state index is 0.941. The maximum absolute atomic E-state index is 4.34. The van der Waals surface area contributed by atoms with E-state index in [1.54, 1.807) is 0 Å². The average molecular weight is 168 g/mol. The highest BCUT2D eigenvalue weighted by Crippen LogP contribution is 2.02. The largest absolute Gasteiger partial charge is 0.271 e. The lowest BCUT2D eigenvalue weighted by molar-refractivity contribution is 0.386. The van der Waals surface area contributed by atoms with Crippen molar-refractivity contribution in [2.45, 2.75) is 40.5 Å². The van der Waals surface area contributed by atoms with Gasteiger partial charge in [-0.25, -0.2) is 0 Å². The van der Waals surface area contributed by atoms with Crippen LogP contribution in [-0.4, -0.2) is 17.8 Å². The number of hydrogen-bond donors (Lipinski definition) is 0. The zero-order valence-corrected chi connectivity index (χ0v) is 8.67. The average Bonchev–Trinajstić information content (AvgIpc) is 2.11. The highest BCUT2D eigenvalue weighted by molar-refractivity contribution is 5.56. The number of hydrogen-bond acceptors (Lipinski definition) is 2. The van der Waals surface area contributed by atoms with Crippen LogP contribution in [0.2, 0.25) is 0 Å². The smallest absolute Gasteiger partial charge is 0.0383 e. The molecule has 0 aromatic rings. The molecule has 12 heavy (non-hydrogen) atoms. The number of nitrogens with zero attached hydrogens (tertiary/aromatic N) is 2. The standard InChI is InChI=1S/C10H20N2/c1-5-8-9-11-12(7-3)10(4)6-2/h6,9H,5,7-8H2,1-4H3/b10-6-,11-9-. The molecule has 0 aromatic carbocycles. The molecule has 70 valence electrons. The van der Waals surface area contributed by atoms with Gasteiger partial charge in [0.1, 0.15) is 0 Å². The Bertz CT molecular complexity index is 159. The molecule has 0 aliphatic carbocycles. The van der Waals surface area contributed by atoms with Crippen LogP contribution in [0, 0.1) is 0 Å². The van der Waals surface area contributed by atoms with Gasteiger partial charge < -0.3 is 0 Å². The fourth-order valence-corrected chi connectivity index (χ4v) is 0.857. The predicted molar refractivity (Wildman–Crippen MR) is 55.2 cm³/mol. The van der Waals surface area contributed by atoms with E-state index < -0.39 is 0 Å². The van der Waals surface area contributed by atoms with Gasteiger partial charge in [0.05, 0.1) is 0 Å². The topological polar surface area (TPSA) is 15.6 Å². The monoisotopic (exact) mass is 168 g/mol. The summed E-state index contributed by atoms with van der Waals surface area (Å²) in [5, 5.41) is 6.35. The molecule has 2 heteroatoms. The zero-order valence-electron chi connectivity index (χ0n) is 8.67. The number of unbranched alkanes of at least 4 members (excludes halogenated alkanes) is 1. The summed E-state index contributed by atoms with van der Waals surface area (Å²) >= 11 is 0. The molecule has 0 atom stereocenters. The van der Waals surface area contributed by atoms with E-state index in [4.69, 9.17) is 0 Å². The lowest BCUT2D eigenvalue weighted by Crippen LogP contribution is -2.14. The van der Waals surface area contributed by atoms with Gasteiger partial charge in [-0.15, -0.1) is 0 Å². The molecule has 0 aliphatic rings. The molecular formula is C10H20N2. The van der Waals surface area contributed by atoms with Gasteiger partial charge in [-0.2, -0.15) is 5.10 Å². The summed E-state index contributed by atoms with van der Waals surface area (Å²) in [7, 11) is 0. The van der Waals surface area contributed by atoms with Gasteiger partial charge in [0.2, 0.25) is 0 Å². The van der Waals surface area contributed by atoms with Crippen LogP contribution in [0.25, 0.3) is 0 Å². The van der Waals surface area contributed by atoms with Crippen molar-refractivity contribution in [1.82, 2.24) is 5.01 Å². The Morgan fingerprint density at radius 1 is 1.42 bits per heavy atom. The van der Waals surface area contributed by atoms with Crippen LogP contribution >= 0.6 is 0 Å². The van der Waals surface area contributed by atoms with E-state index in [-0.39, 0.29) is 0 Å². The zero-order chi connectivity index (χ0) is 9.40. The van der Waals surface area contributed by atoms with Gasteiger partial charge in [0.25, 0.3) is 0 Å². The van der Waals surface area contributed by atoms with Crippen molar-refractivity contribution in [1.29, 1.82) is 0 Å². The molecule has 0 heterocycles. The molecule has 0 rings (SSSR count).